The van der Waals surface area contributed by atoms with E-state index in [9.17, 15) is 13.2 Å². The summed E-state index contributed by atoms with van der Waals surface area (Å²) in [5.74, 6) is 0.754. The standard InChI is InChI=1S/C19H14F3N5/c20-19(21,22)15-6-1-4-13(10-15)16-11-17(25-9-3-7-23)27-18(26-16)14-5-2-8-24-12-14/h1-2,4-6,8,10-12H,3,9H2,(H,25,26,27). The molecular formula is C19H14F3N5. The third-order valence-corrected chi connectivity index (χ3v) is 3.67. The summed E-state index contributed by atoms with van der Waals surface area (Å²) in [7, 11) is 0. The maximum atomic E-state index is 13.0. The van der Waals surface area contributed by atoms with Crippen LogP contribution in [0.1, 0.15) is 12.0 Å². The minimum Gasteiger partial charge on any atom is -0.369 e. The van der Waals surface area contributed by atoms with E-state index in [0.717, 1.165) is 12.1 Å². The molecule has 0 aliphatic heterocycles. The Kier molecular flexibility index (Phi) is 5.31. The molecule has 0 fully saturated rings. The third-order valence-electron chi connectivity index (χ3n) is 3.67. The van der Waals surface area contributed by atoms with Crippen molar-refractivity contribution < 1.29 is 13.2 Å². The molecule has 1 aromatic carbocycles. The first-order valence-corrected chi connectivity index (χ1v) is 8.05. The number of rotatable bonds is 5. The molecular weight excluding hydrogens is 355 g/mol. The van der Waals surface area contributed by atoms with Gasteiger partial charge in [0.1, 0.15) is 5.82 Å². The summed E-state index contributed by atoms with van der Waals surface area (Å²) in [6.45, 7) is 0.363. The smallest absolute Gasteiger partial charge is 0.369 e. The molecule has 2 aromatic heterocycles. The topological polar surface area (TPSA) is 74.5 Å². The monoisotopic (exact) mass is 369 g/mol. The Morgan fingerprint density at radius 3 is 2.56 bits per heavy atom. The van der Waals surface area contributed by atoms with E-state index in [1.165, 1.54) is 6.07 Å². The van der Waals surface area contributed by atoms with E-state index < -0.39 is 11.7 Å². The zero-order valence-electron chi connectivity index (χ0n) is 14.0. The van der Waals surface area contributed by atoms with Gasteiger partial charge in [0.2, 0.25) is 0 Å². The summed E-state index contributed by atoms with van der Waals surface area (Å²) < 4.78 is 39.1. The van der Waals surface area contributed by atoms with Gasteiger partial charge in [0, 0.05) is 36.1 Å². The first-order chi connectivity index (χ1) is 13.0. The van der Waals surface area contributed by atoms with Crippen LogP contribution in [0.15, 0.2) is 54.9 Å². The van der Waals surface area contributed by atoms with Gasteiger partial charge in [-0.25, -0.2) is 9.97 Å². The van der Waals surface area contributed by atoms with Gasteiger partial charge in [-0.2, -0.15) is 18.4 Å². The number of nitrogens with one attached hydrogen (secondary N) is 1. The normalized spacial score (nSPS) is 11.0. The molecule has 0 saturated carbocycles. The van der Waals surface area contributed by atoms with Crippen LogP contribution in [0.3, 0.4) is 0 Å². The Bertz CT molecular complexity index is 965. The Hall–Kier alpha value is -3.47. The van der Waals surface area contributed by atoms with Crippen molar-refractivity contribution in [3.63, 3.8) is 0 Å². The molecule has 0 unspecified atom stereocenters. The minimum absolute atomic E-state index is 0.269. The first kappa shape index (κ1) is 18.3. The average molecular weight is 369 g/mol. The van der Waals surface area contributed by atoms with Gasteiger partial charge in [-0.05, 0) is 24.3 Å². The summed E-state index contributed by atoms with van der Waals surface area (Å²) in [5.41, 5.74) is 0.547. The summed E-state index contributed by atoms with van der Waals surface area (Å²) in [5, 5.41) is 11.7. The largest absolute Gasteiger partial charge is 0.416 e. The molecule has 0 atom stereocenters. The van der Waals surface area contributed by atoms with Crippen molar-refractivity contribution in [2.24, 2.45) is 0 Å². The van der Waals surface area contributed by atoms with Gasteiger partial charge in [-0.15, -0.1) is 0 Å². The predicted molar refractivity (Wildman–Crippen MR) is 94.4 cm³/mol. The van der Waals surface area contributed by atoms with Gasteiger partial charge in [0.25, 0.3) is 0 Å². The van der Waals surface area contributed by atoms with Gasteiger partial charge in [0.05, 0.1) is 23.7 Å². The van der Waals surface area contributed by atoms with Gasteiger partial charge < -0.3 is 5.32 Å². The SMILES string of the molecule is N#CCCNc1cc(-c2cccc(C(F)(F)F)c2)nc(-c2cccnc2)n1. The van der Waals surface area contributed by atoms with Crippen LogP contribution in [0.25, 0.3) is 22.6 Å². The van der Waals surface area contributed by atoms with Crippen LogP contribution in [0.2, 0.25) is 0 Å². The molecule has 8 heteroatoms. The molecule has 136 valence electrons. The maximum Gasteiger partial charge on any atom is 0.416 e. The van der Waals surface area contributed by atoms with Gasteiger partial charge >= 0.3 is 6.18 Å². The fourth-order valence-electron chi connectivity index (χ4n) is 2.41. The molecule has 0 bridgehead atoms. The zero-order chi connectivity index (χ0) is 19.3. The lowest BCUT2D eigenvalue weighted by molar-refractivity contribution is -0.137. The number of anilines is 1. The van der Waals surface area contributed by atoms with E-state index in [1.807, 2.05) is 6.07 Å². The van der Waals surface area contributed by atoms with E-state index in [0.29, 0.717) is 35.0 Å². The highest BCUT2D eigenvalue weighted by atomic mass is 19.4. The highest BCUT2D eigenvalue weighted by Crippen LogP contribution is 2.32. The fraction of sp³-hybridized carbons (Fsp3) is 0.158. The second-order valence-electron chi connectivity index (χ2n) is 5.62. The summed E-state index contributed by atoms with van der Waals surface area (Å²) in [6.07, 6.45) is -0.995. The van der Waals surface area contributed by atoms with Crippen LogP contribution in [0.4, 0.5) is 19.0 Å². The number of nitriles is 1. The number of hydrogen-bond donors (Lipinski definition) is 1. The van der Waals surface area contributed by atoms with Crippen molar-refractivity contribution >= 4 is 5.82 Å². The lowest BCUT2D eigenvalue weighted by atomic mass is 10.1. The van der Waals surface area contributed by atoms with E-state index in [1.54, 1.807) is 36.7 Å². The predicted octanol–water partition coefficient (Wildman–Crippen LogP) is 4.55. The van der Waals surface area contributed by atoms with E-state index in [-0.39, 0.29) is 6.42 Å². The third kappa shape index (κ3) is 4.58. The second-order valence-corrected chi connectivity index (χ2v) is 5.62. The lowest BCUT2D eigenvalue weighted by Gasteiger charge is -2.11. The van der Waals surface area contributed by atoms with Crippen molar-refractivity contribution in [3.8, 4) is 28.7 Å². The summed E-state index contributed by atoms with van der Waals surface area (Å²) >= 11 is 0. The highest BCUT2D eigenvalue weighted by molar-refractivity contribution is 5.67. The Labute approximate surface area is 153 Å². The van der Waals surface area contributed by atoms with E-state index >= 15 is 0 Å². The van der Waals surface area contributed by atoms with Crippen molar-refractivity contribution in [2.75, 3.05) is 11.9 Å². The molecule has 3 aromatic rings. The Balaban J connectivity index is 2.06. The first-order valence-electron chi connectivity index (χ1n) is 8.05. The molecule has 0 amide bonds. The van der Waals surface area contributed by atoms with Crippen molar-refractivity contribution in [3.05, 3.63) is 60.4 Å². The van der Waals surface area contributed by atoms with Gasteiger partial charge in [-0.1, -0.05) is 12.1 Å². The van der Waals surface area contributed by atoms with Crippen molar-refractivity contribution in [1.29, 1.82) is 5.26 Å². The number of benzene rings is 1. The zero-order valence-corrected chi connectivity index (χ0v) is 14.0. The second kappa shape index (κ2) is 7.83. The van der Waals surface area contributed by atoms with Crippen LogP contribution >= 0.6 is 0 Å². The molecule has 0 spiro atoms. The van der Waals surface area contributed by atoms with Gasteiger partial charge in [0.15, 0.2) is 5.82 Å². The maximum absolute atomic E-state index is 13.0. The summed E-state index contributed by atoms with van der Waals surface area (Å²) in [6, 6.07) is 12.0. The Morgan fingerprint density at radius 2 is 1.85 bits per heavy atom. The molecule has 5 nitrogen and oxygen atoms in total. The van der Waals surface area contributed by atoms with Gasteiger partial charge in [-0.3, -0.25) is 4.98 Å². The number of pyridine rings is 1. The van der Waals surface area contributed by atoms with Crippen molar-refractivity contribution in [2.45, 2.75) is 12.6 Å². The molecule has 1 N–H and O–H groups in total. The number of halogens is 3. The molecule has 0 aliphatic carbocycles. The Morgan fingerprint density at radius 1 is 1.04 bits per heavy atom. The number of alkyl halides is 3. The average Bonchev–Trinajstić information content (AvgIpc) is 2.68. The highest BCUT2D eigenvalue weighted by Gasteiger charge is 2.30. The van der Waals surface area contributed by atoms with E-state index in [2.05, 4.69) is 20.3 Å². The molecule has 0 aliphatic rings. The summed E-state index contributed by atoms with van der Waals surface area (Å²) in [4.78, 5) is 12.8. The molecule has 0 radical (unpaired) electrons. The number of nitrogens with zero attached hydrogens (tertiary/aromatic N) is 4. The number of hydrogen-bond acceptors (Lipinski definition) is 5. The van der Waals surface area contributed by atoms with Crippen LogP contribution < -0.4 is 5.32 Å². The lowest BCUT2D eigenvalue weighted by Crippen LogP contribution is -2.06. The number of aromatic nitrogens is 3. The van der Waals surface area contributed by atoms with Crippen LogP contribution in [-0.4, -0.2) is 21.5 Å². The van der Waals surface area contributed by atoms with Crippen LogP contribution in [0.5, 0.6) is 0 Å². The quantitative estimate of drug-likeness (QED) is 0.668. The molecule has 2 heterocycles. The van der Waals surface area contributed by atoms with Crippen molar-refractivity contribution in [1.82, 2.24) is 15.0 Å². The fourth-order valence-corrected chi connectivity index (χ4v) is 2.41. The van der Waals surface area contributed by atoms with Crippen LogP contribution in [0, 0.1) is 11.3 Å². The molecule has 27 heavy (non-hydrogen) atoms. The minimum atomic E-state index is -4.44. The van der Waals surface area contributed by atoms with Crippen LogP contribution in [-0.2, 0) is 6.18 Å². The molecule has 0 saturated heterocycles. The molecule has 3 rings (SSSR count). The van der Waals surface area contributed by atoms with E-state index in [4.69, 9.17) is 5.26 Å².